The van der Waals surface area contributed by atoms with Crippen molar-refractivity contribution in [1.82, 2.24) is 25.1 Å². The summed E-state index contributed by atoms with van der Waals surface area (Å²) in [6, 6.07) is 2.04. The second-order valence-electron chi connectivity index (χ2n) is 9.54. The van der Waals surface area contributed by atoms with Gasteiger partial charge in [-0.1, -0.05) is 11.6 Å². The van der Waals surface area contributed by atoms with E-state index in [0.29, 0.717) is 53.6 Å². The normalized spacial score (nSPS) is 33.4. The molecule has 4 atom stereocenters. The van der Waals surface area contributed by atoms with Crippen molar-refractivity contribution in [2.75, 3.05) is 37.7 Å². The first kappa shape index (κ1) is 18.9. The van der Waals surface area contributed by atoms with Crippen LogP contribution in [0.3, 0.4) is 0 Å². The van der Waals surface area contributed by atoms with Crippen LogP contribution in [0.25, 0.3) is 11.0 Å². The Morgan fingerprint density at radius 1 is 1.17 bits per heavy atom. The Morgan fingerprint density at radius 2 is 2.00 bits per heavy atom. The van der Waals surface area contributed by atoms with Crippen molar-refractivity contribution in [2.24, 2.45) is 11.8 Å². The maximum atomic E-state index is 14.1. The zero-order valence-corrected chi connectivity index (χ0v) is 17.7. The molecule has 0 radical (unpaired) electrons. The van der Waals surface area contributed by atoms with Crippen LogP contribution in [0, 0.1) is 11.8 Å². The minimum atomic E-state index is -0.778. The van der Waals surface area contributed by atoms with Gasteiger partial charge in [-0.05, 0) is 50.5 Å². The summed E-state index contributed by atoms with van der Waals surface area (Å²) >= 11 is 6.10. The van der Waals surface area contributed by atoms with Crippen molar-refractivity contribution in [3.8, 4) is 6.01 Å². The van der Waals surface area contributed by atoms with E-state index >= 15 is 0 Å². The number of anilines is 1. The zero-order valence-electron chi connectivity index (χ0n) is 16.9. The topological polar surface area (TPSA) is 67.3 Å². The monoisotopic (exact) mass is 432 g/mol. The quantitative estimate of drug-likeness (QED) is 0.734. The number of ether oxygens (including phenoxy) is 1. The molecule has 0 aromatic carbocycles. The molecule has 4 aliphatic rings. The number of nitrogens with zero attached hydrogens (tertiary/aromatic N) is 6. The van der Waals surface area contributed by atoms with Crippen LogP contribution < -0.4 is 9.64 Å². The second kappa shape index (κ2) is 7.12. The highest BCUT2D eigenvalue weighted by Crippen LogP contribution is 2.41. The molecule has 0 N–H and O–H groups in total. The number of fused-ring (bicyclic) bond motifs is 4. The van der Waals surface area contributed by atoms with Gasteiger partial charge in [0.15, 0.2) is 16.5 Å². The van der Waals surface area contributed by atoms with Gasteiger partial charge in [-0.15, -0.1) is 10.2 Å². The number of hydrogen-bond donors (Lipinski definition) is 0. The Labute approximate surface area is 180 Å². The molecule has 4 fully saturated rings. The fourth-order valence-corrected chi connectivity index (χ4v) is 6.33. The number of alkyl halides is 1. The average molecular weight is 433 g/mol. The van der Waals surface area contributed by atoms with Crippen LogP contribution in [0.2, 0.25) is 5.15 Å². The lowest BCUT2D eigenvalue weighted by Gasteiger charge is -2.33. The van der Waals surface area contributed by atoms with Gasteiger partial charge in [0.05, 0.1) is 5.54 Å². The summed E-state index contributed by atoms with van der Waals surface area (Å²) < 4.78 is 20.2. The van der Waals surface area contributed by atoms with E-state index in [1.807, 2.05) is 0 Å². The lowest BCUT2D eigenvalue weighted by Crippen LogP contribution is -2.43. The summed E-state index contributed by atoms with van der Waals surface area (Å²) in [5, 5.41) is 8.63. The molecule has 3 aliphatic heterocycles. The molecule has 3 saturated heterocycles. The third-order valence-corrected chi connectivity index (χ3v) is 7.70. The molecule has 30 heavy (non-hydrogen) atoms. The first-order valence-electron chi connectivity index (χ1n) is 11.1. The molecule has 0 amide bonds. The first-order valence-corrected chi connectivity index (χ1v) is 11.4. The molecule has 1 saturated carbocycles. The van der Waals surface area contributed by atoms with E-state index in [4.69, 9.17) is 21.3 Å². The molecule has 2 bridgehead atoms. The minimum Gasteiger partial charge on any atom is -0.461 e. The molecule has 5 heterocycles. The van der Waals surface area contributed by atoms with E-state index in [1.54, 1.807) is 6.07 Å². The lowest BCUT2D eigenvalue weighted by molar-refractivity contribution is 0.107. The maximum absolute atomic E-state index is 14.1. The fourth-order valence-electron chi connectivity index (χ4n) is 6.19. The summed E-state index contributed by atoms with van der Waals surface area (Å²) in [6.45, 7) is 3.82. The van der Waals surface area contributed by atoms with E-state index in [2.05, 4.69) is 25.0 Å². The van der Waals surface area contributed by atoms with Gasteiger partial charge in [0.1, 0.15) is 18.3 Å². The number of halogens is 2. The molecule has 160 valence electrons. The number of rotatable bonds is 4. The molecule has 2 aromatic rings. The number of piperidine rings is 1. The smallest absolute Gasteiger partial charge is 0.319 e. The number of aromatic nitrogens is 4. The van der Waals surface area contributed by atoms with Gasteiger partial charge in [0.2, 0.25) is 0 Å². The molecular weight excluding hydrogens is 407 g/mol. The largest absolute Gasteiger partial charge is 0.461 e. The van der Waals surface area contributed by atoms with Gasteiger partial charge in [-0.3, -0.25) is 4.90 Å². The Morgan fingerprint density at radius 3 is 2.83 bits per heavy atom. The fraction of sp³-hybridized carbons (Fsp3) is 0.714. The molecule has 9 heteroatoms. The van der Waals surface area contributed by atoms with Crippen LogP contribution in [-0.4, -0.2) is 69.6 Å². The predicted octanol–water partition coefficient (Wildman–Crippen LogP) is 3.26. The van der Waals surface area contributed by atoms with E-state index in [0.717, 1.165) is 38.3 Å². The van der Waals surface area contributed by atoms with Crippen molar-refractivity contribution in [2.45, 2.75) is 50.2 Å². The van der Waals surface area contributed by atoms with Crippen LogP contribution >= 0.6 is 11.6 Å². The molecule has 2 aromatic heterocycles. The summed E-state index contributed by atoms with van der Waals surface area (Å²) in [7, 11) is 0. The molecular formula is C21H26ClFN6O. The number of hydrogen-bond acceptors (Lipinski definition) is 7. The Balaban J connectivity index is 1.32. The standard InChI is InChI=1S/C21H26ClFN6O/c22-17-7-16-18(27-26-17)19(28-9-13-2-3-14(6-13)10-28)25-20(24-16)30-12-21-4-1-5-29(21)11-15(23)8-21/h7,13-15H,1-6,8-12H2/t13?,14?,15-,21+/m1/s1. The van der Waals surface area contributed by atoms with Crippen LogP contribution in [0.1, 0.15) is 38.5 Å². The highest BCUT2D eigenvalue weighted by molar-refractivity contribution is 6.29. The van der Waals surface area contributed by atoms with Gasteiger partial charge >= 0.3 is 6.01 Å². The van der Waals surface area contributed by atoms with Crippen molar-refractivity contribution in [3.63, 3.8) is 0 Å². The van der Waals surface area contributed by atoms with E-state index < -0.39 is 6.17 Å². The molecule has 7 nitrogen and oxygen atoms in total. The van der Waals surface area contributed by atoms with E-state index in [9.17, 15) is 4.39 Å². The summed E-state index contributed by atoms with van der Waals surface area (Å²) in [5.41, 5.74) is 1.08. The van der Waals surface area contributed by atoms with Gasteiger partial charge < -0.3 is 9.64 Å². The minimum absolute atomic E-state index is 0.226. The highest BCUT2D eigenvalue weighted by Gasteiger charge is 2.49. The van der Waals surface area contributed by atoms with Crippen LogP contribution in [0.15, 0.2) is 6.07 Å². The second-order valence-corrected chi connectivity index (χ2v) is 9.93. The summed E-state index contributed by atoms with van der Waals surface area (Å²) in [4.78, 5) is 13.9. The molecule has 0 spiro atoms. The molecule has 6 rings (SSSR count). The van der Waals surface area contributed by atoms with Gasteiger partial charge in [0.25, 0.3) is 0 Å². The molecule has 2 unspecified atom stereocenters. The summed E-state index contributed by atoms with van der Waals surface area (Å²) in [6.07, 6.45) is 5.67. The van der Waals surface area contributed by atoms with Crippen molar-refractivity contribution >= 4 is 28.5 Å². The van der Waals surface area contributed by atoms with Gasteiger partial charge in [0, 0.05) is 32.1 Å². The zero-order chi connectivity index (χ0) is 20.3. The van der Waals surface area contributed by atoms with Gasteiger partial charge in [-0.25, -0.2) is 4.39 Å². The Hall–Kier alpha value is -1.80. The van der Waals surface area contributed by atoms with Crippen molar-refractivity contribution in [3.05, 3.63) is 11.2 Å². The van der Waals surface area contributed by atoms with Crippen LogP contribution in [0.4, 0.5) is 10.2 Å². The Bertz CT molecular complexity index is 966. The third kappa shape index (κ3) is 3.19. The van der Waals surface area contributed by atoms with Gasteiger partial charge in [-0.2, -0.15) is 9.97 Å². The van der Waals surface area contributed by atoms with Crippen LogP contribution in [-0.2, 0) is 0 Å². The average Bonchev–Trinajstić information content (AvgIpc) is 3.36. The van der Waals surface area contributed by atoms with E-state index in [1.165, 1.54) is 19.3 Å². The third-order valence-electron chi connectivity index (χ3n) is 7.51. The summed E-state index contributed by atoms with van der Waals surface area (Å²) in [5.74, 6) is 2.21. The predicted molar refractivity (Wildman–Crippen MR) is 112 cm³/mol. The van der Waals surface area contributed by atoms with Crippen molar-refractivity contribution in [1.29, 1.82) is 0 Å². The van der Waals surface area contributed by atoms with Crippen molar-refractivity contribution < 1.29 is 9.13 Å². The Kier molecular flexibility index (Phi) is 4.49. The first-order chi connectivity index (χ1) is 14.6. The maximum Gasteiger partial charge on any atom is 0.319 e. The lowest BCUT2D eigenvalue weighted by atomic mass is 9.95. The van der Waals surface area contributed by atoms with E-state index in [-0.39, 0.29) is 5.54 Å². The SMILES string of the molecule is F[C@H]1CN2CCC[C@@]2(COc2nc(N3CC4CCC(C4)C3)c3nnc(Cl)cc3n2)C1. The highest BCUT2D eigenvalue weighted by atomic mass is 35.5. The van der Waals surface area contributed by atoms with Crippen LogP contribution in [0.5, 0.6) is 6.01 Å². The molecule has 1 aliphatic carbocycles.